The monoisotopic (exact) mass is 314 g/mol. The predicted octanol–water partition coefficient (Wildman–Crippen LogP) is 3.46. The average Bonchev–Trinajstić information content (AvgIpc) is 2.48. The molecule has 19 heavy (non-hydrogen) atoms. The van der Waals surface area contributed by atoms with Gasteiger partial charge in [-0.1, -0.05) is 0 Å². The van der Waals surface area contributed by atoms with Crippen molar-refractivity contribution in [2.75, 3.05) is 0 Å². The third kappa shape index (κ3) is 4.95. The molecule has 96 valence electrons. The Hall–Kier alpha value is -1.48. The zero-order valence-electron chi connectivity index (χ0n) is 11.0. The SMILES string of the molecule is C#CC(CCCc1ccccc1)[Se]c1ccccc1. The molecule has 1 atom stereocenters. The van der Waals surface area contributed by atoms with Crippen LogP contribution in [0.3, 0.4) is 0 Å². The van der Waals surface area contributed by atoms with Gasteiger partial charge in [0.25, 0.3) is 0 Å². The van der Waals surface area contributed by atoms with Gasteiger partial charge in [0, 0.05) is 0 Å². The summed E-state index contributed by atoms with van der Waals surface area (Å²) in [5.41, 5.74) is 1.41. The van der Waals surface area contributed by atoms with Gasteiger partial charge < -0.3 is 0 Å². The summed E-state index contributed by atoms with van der Waals surface area (Å²) in [6.45, 7) is 0. The number of rotatable bonds is 6. The fourth-order valence-electron chi connectivity index (χ4n) is 1.98. The van der Waals surface area contributed by atoms with Crippen molar-refractivity contribution >= 4 is 19.4 Å². The van der Waals surface area contributed by atoms with E-state index in [1.54, 1.807) is 0 Å². The molecule has 0 fully saturated rings. The molecular formula is C18H18Se. The Morgan fingerprint density at radius 2 is 1.58 bits per heavy atom. The van der Waals surface area contributed by atoms with Crippen LogP contribution in [0, 0.1) is 12.3 Å². The summed E-state index contributed by atoms with van der Waals surface area (Å²) in [6, 6.07) is 21.2. The molecule has 0 bridgehead atoms. The Labute approximate surface area is 122 Å². The summed E-state index contributed by atoms with van der Waals surface area (Å²) in [5, 5.41) is 0. The van der Waals surface area contributed by atoms with Crippen LogP contribution < -0.4 is 4.46 Å². The van der Waals surface area contributed by atoms with E-state index in [-0.39, 0.29) is 0 Å². The molecule has 2 aromatic carbocycles. The van der Waals surface area contributed by atoms with E-state index in [0.717, 1.165) is 12.8 Å². The number of hydrogen-bond donors (Lipinski definition) is 0. The van der Waals surface area contributed by atoms with Gasteiger partial charge in [0.15, 0.2) is 0 Å². The first-order valence-corrected chi connectivity index (χ1v) is 8.45. The Kier molecular flexibility index (Phi) is 5.76. The van der Waals surface area contributed by atoms with Crippen LogP contribution in [0.15, 0.2) is 60.7 Å². The van der Waals surface area contributed by atoms with E-state index < -0.39 is 0 Å². The molecular weight excluding hydrogens is 295 g/mol. The van der Waals surface area contributed by atoms with Crippen molar-refractivity contribution in [2.24, 2.45) is 0 Å². The second kappa shape index (κ2) is 7.85. The fraction of sp³-hybridized carbons (Fsp3) is 0.222. The Morgan fingerprint density at radius 1 is 0.947 bits per heavy atom. The maximum absolute atomic E-state index is 5.67. The summed E-state index contributed by atoms with van der Waals surface area (Å²) in [5.74, 6) is 2.96. The van der Waals surface area contributed by atoms with Gasteiger partial charge in [0.05, 0.1) is 0 Å². The molecule has 0 aliphatic carbocycles. The average molecular weight is 313 g/mol. The van der Waals surface area contributed by atoms with E-state index in [0.29, 0.717) is 19.8 Å². The summed E-state index contributed by atoms with van der Waals surface area (Å²) >= 11 is 0.396. The quantitative estimate of drug-likeness (QED) is 0.566. The molecule has 0 saturated carbocycles. The Balaban J connectivity index is 1.79. The van der Waals surface area contributed by atoms with Crippen LogP contribution in [0.25, 0.3) is 0 Å². The topological polar surface area (TPSA) is 0 Å². The molecule has 0 heterocycles. The second-order valence-electron chi connectivity index (χ2n) is 4.46. The fourth-order valence-corrected chi connectivity index (χ4v) is 4.06. The van der Waals surface area contributed by atoms with Crippen LogP contribution >= 0.6 is 0 Å². The summed E-state index contributed by atoms with van der Waals surface area (Å²) in [4.78, 5) is 0.415. The standard InChI is InChI=1S/C18H18Se/c1-2-17(19-18-13-7-4-8-14-18)15-9-12-16-10-5-3-6-11-16/h1,3-8,10-11,13-14,17H,9,12,15H2. The minimum absolute atomic E-state index is 0.396. The number of hydrogen-bond acceptors (Lipinski definition) is 0. The first kappa shape index (κ1) is 13.9. The van der Waals surface area contributed by atoms with Crippen molar-refractivity contribution in [1.82, 2.24) is 0 Å². The molecule has 0 amide bonds. The van der Waals surface area contributed by atoms with E-state index in [1.807, 2.05) is 0 Å². The van der Waals surface area contributed by atoms with E-state index in [9.17, 15) is 0 Å². The zero-order valence-corrected chi connectivity index (χ0v) is 12.7. The molecule has 0 radical (unpaired) electrons. The summed E-state index contributed by atoms with van der Waals surface area (Å²) < 4.78 is 1.40. The van der Waals surface area contributed by atoms with Crippen molar-refractivity contribution in [1.29, 1.82) is 0 Å². The van der Waals surface area contributed by atoms with Gasteiger partial charge in [-0.05, 0) is 0 Å². The van der Waals surface area contributed by atoms with E-state index in [4.69, 9.17) is 6.42 Å². The van der Waals surface area contributed by atoms with Crippen molar-refractivity contribution in [3.05, 3.63) is 66.2 Å². The maximum atomic E-state index is 5.67. The van der Waals surface area contributed by atoms with Crippen LogP contribution in [0.1, 0.15) is 18.4 Å². The van der Waals surface area contributed by atoms with Crippen molar-refractivity contribution in [2.45, 2.75) is 24.1 Å². The number of aryl methyl sites for hydroxylation is 1. The molecule has 1 heteroatoms. The van der Waals surface area contributed by atoms with Crippen LogP contribution in [0.2, 0.25) is 4.82 Å². The second-order valence-corrected chi connectivity index (χ2v) is 7.14. The first-order chi connectivity index (χ1) is 9.38. The van der Waals surface area contributed by atoms with Gasteiger partial charge in [-0.2, -0.15) is 0 Å². The van der Waals surface area contributed by atoms with Crippen LogP contribution in [0.4, 0.5) is 0 Å². The number of terminal acetylenes is 1. The first-order valence-electron chi connectivity index (χ1n) is 6.60. The van der Waals surface area contributed by atoms with Gasteiger partial charge in [-0.3, -0.25) is 0 Å². The third-order valence-corrected chi connectivity index (χ3v) is 5.50. The Morgan fingerprint density at radius 3 is 2.21 bits per heavy atom. The molecule has 0 spiro atoms. The zero-order chi connectivity index (χ0) is 13.3. The van der Waals surface area contributed by atoms with Gasteiger partial charge in [-0.15, -0.1) is 0 Å². The molecule has 2 rings (SSSR count). The van der Waals surface area contributed by atoms with Crippen molar-refractivity contribution < 1.29 is 0 Å². The molecule has 2 aromatic rings. The molecule has 0 saturated heterocycles. The summed E-state index contributed by atoms with van der Waals surface area (Å²) in [6.07, 6.45) is 9.09. The molecule has 0 N–H and O–H groups in total. The predicted molar refractivity (Wildman–Crippen MR) is 83.8 cm³/mol. The molecule has 0 aliphatic rings. The third-order valence-electron chi connectivity index (χ3n) is 2.98. The van der Waals surface area contributed by atoms with Crippen LogP contribution in [-0.4, -0.2) is 15.0 Å². The molecule has 1 unspecified atom stereocenters. The Bertz CT molecular complexity index is 510. The minimum atomic E-state index is 0.396. The van der Waals surface area contributed by atoms with E-state index in [1.165, 1.54) is 16.4 Å². The number of benzene rings is 2. The van der Waals surface area contributed by atoms with Gasteiger partial charge in [-0.25, -0.2) is 0 Å². The van der Waals surface area contributed by atoms with Crippen molar-refractivity contribution in [3.8, 4) is 12.3 Å². The normalized spacial score (nSPS) is 11.7. The van der Waals surface area contributed by atoms with Gasteiger partial charge in [0.2, 0.25) is 0 Å². The van der Waals surface area contributed by atoms with Gasteiger partial charge in [0.1, 0.15) is 0 Å². The van der Waals surface area contributed by atoms with Crippen molar-refractivity contribution in [3.63, 3.8) is 0 Å². The van der Waals surface area contributed by atoms with Crippen LogP contribution in [-0.2, 0) is 6.42 Å². The van der Waals surface area contributed by atoms with E-state index >= 15 is 0 Å². The van der Waals surface area contributed by atoms with Gasteiger partial charge >= 0.3 is 122 Å². The molecule has 0 aromatic heterocycles. The summed E-state index contributed by atoms with van der Waals surface area (Å²) in [7, 11) is 0. The molecule has 0 nitrogen and oxygen atoms in total. The molecule has 0 aliphatic heterocycles. The van der Waals surface area contributed by atoms with Crippen LogP contribution in [0.5, 0.6) is 0 Å². The van der Waals surface area contributed by atoms with E-state index in [2.05, 4.69) is 66.6 Å².